The Labute approximate surface area is 298 Å². The van der Waals surface area contributed by atoms with Crippen molar-refractivity contribution in [3.8, 4) is 0 Å². The molecule has 2 aliphatic heterocycles. The van der Waals surface area contributed by atoms with Crippen LogP contribution in [0.15, 0.2) is 0 Å². The van der Waals surface area contributed by atoms with Gasteiger partial charge in [0.2, 0.25) is 41.4 Å². The molecule has 284 valence electrons. The van der Waals surface area contributed by atoms with Crippen molar-refractivity contribution in [2.24, 2.45) is 23.7 Å². The molecule has 14 nitrogen and oxygen atoms in total. The molecule has 7 amide bonds. The Morgan fingerprint density at radius 2 is 0.960 bits per heavy atom. The monoisotopic (exact) mass is 705 g/mol. The van der Waals surface area contributed by atoms with Crippen LogP contribution in [-0.4, -0.2) is 108 Å². The summed E-state index contributed by atoms with van der Waals surface area (Å²) in [6, 6.07) is -6.08. The van der Waals surface area contributed by atoms with E-state index in [4.69, 9.17) is 0 Å². The van der Waals surface area contributed by atoms with Crippen molar-refractivity contribution in [1.29, 1.82) is 0 Å². The van der Waals surface area contributed by atoms with Crippen LogP contribution in [0, 0.1) is 23.7 Å². The first-order valence-electron chi connectivity index (χ1n) is 18.3. The van der Waals surface area contributed by atoms with E-state index in [0.717, 1.165) is 0 Å². The highest BCUT2D eigenvalue weighted by Crippen LogP contribution is 2.22. The summed E-state index contributed by atoms with van der Waals surface area (Å²) in [5.74, 6) is -3.47. The number of nitrogens with one attached hydrogen (secondary N) is 5. The third-order valence-corrected chi connectivity index (χ3v) is 8.96. The SMILES string of the molecule is CC(C)C[C@@H]1NC(=O)[C@@H](CC(C)C)NC(=O)[C@H](CC(C)C)NC(=O)[C@@H](CCC(=O)N(C)C)NC(=O)[C@H]2CCCN2C(=O)[C@H](CC(C)C)NC1=O. The van der Waals surface area contributed by atoms with E-state index in [9.17, 15) is 33.6 Å². The van der Waals surface area contributed by atoms with Gasteiger partial charge in [-0.05, 0) is 68.6 Å². The van der Waals surface area contributed by atoms with Gasteiger partial charge < -0.3 is 36.4 Å². The lowest BCUT2D eigenvalue weighted by Crippen LogP contribution is -2.61. The molecule has 2 aliphatic rings. The first-order chi connectivity index (χ1) is 23.3. The van der Waals surface area contributed by atoms with Crippen LogP contribution in [0.2, 0.25) is 0 Å². The number of rotatable bonds is 11. The second-order valence-corrected chi connectivity index (χ2v) is 15.8. The number of hydrogen-bond donors (Lipinski definition) is 5. The molecule has 0 aliphatic carbocycles. The highest BCUT2D eigenvalue weighted by atomic mass is 16.2. The summed E-state index contributed by atoms with van der Waals surface area (Å²) in [6.45, 7) is 15.6. The first-order valence-corrected chi connectivity index (χ1v) is 18.3. The van der Waals surface area contributed by atoms with Gasteiger partial charge in [-0.1, -0.05) is 55.4 Å². The second kappa shape index (κ2) is 19.6. The maximum Gasteiger partial charge on any atom is 0.245 e. The van der Waals surface area contributed by atoms with Gasteiger partial charge in [0.15, 0.2) is 0 Å². The van der Waals surface area contributed by atoms with Gasteiger partial charge in [0.1, 0.15) is 36.3 Å². The number of amides is 7. The van der Waals surface area contributed by atoms with Crippen LogP contribution < -0.4 is 26.6 Å². The van der Waals surface area contributed by atoms with Crippen molar-refractivity contribution in [3.05, 3.63) is 0 Å². The van der Waals surface area contributed by atoms with Crippen LogP contribution in [0.1, 0.15) is 107 Å². The van der Waals surface area contributed by atoms with E-state index in [0.29, 0.717) is 25.7 Å². The zero-order valence-electron chi connectivity index (χ0n) is 31.9. The molecular formula is C36H63N7O7. The zero-order chi connectivity index (χ0) is 37.9. The fraction of sp³-hybridized carbons (Fsp3) is 0.806. The Kier molecular flexibility index (Phi) is 16.7. The predicted molar refractivity (Wildman–Crippen MR) is 190 cm³/mol. The Morgan fingerprint density at radius 3 is 1.36 bits per heavy atom. The van der Waals surface area contributed by atoms with Crippen LogP contribution in [0.3, 0.4) is 0 Å². The van der Waals surface area contributed by atoms with Gasteiger partial charge in [0.05, 0.1) is 0 Å². The van der Waals surface area contributed by atoms with E-state index in [1.807, 2.05) is 55.4 Å². The van der Waals surface area contributed by atoms with E-state index < -0.39 is 71.7 Å². The van der Waals surface area contributed by atoms with E-state index >= 15 is 0 Å². The average Bonchev–Trinajstić information content (AvgIpc) is 3.49. The number of hydrogen-bond acceptors (Lipinski definition) is 7. The summed E-state index contributed by atoms with van der Waals surface area (Å²) in [5, 5.41) is 14.1. The van der Waals surface area contributed by atoms with Crippen LogP contribution >= 0.6 is 0 Å². The van der Waals surface area contributed by atoms with E-state index in [1.165, 1.54) is 9.80 Å². The molecule has 5 N–H and O–H groups in total. The van der Waals surface area contributed by atoms with Crippen molar-refractivity contribution in [2.45, 2.75) is 143 Å². The van der Waals surface area contributed by atoms with Gasteiger partial charge in [-0.3, -0.25) is 33.6 Å². The summed E-state index contributed by atoms with van der Waals surface area (Å²) >= 11 is 0. The minimum atomic E-state index is -1.18. The lowest BCUT2D eigenvalue weighted by atomic mass is 9.97. The molecule has 0 saturated carbocycles. The van der Waals surface area contributed by atoms with Gasteiger partial charge in [0, 0.05) is 27.1 Å². The first kappa shape index (κ1) is 42.5. The van der Waals surface area contributed by atoms with Crippen molar-refractivity contribution >= 4 is 41.4 Å². The number of carbonyl (C=O) groups is 7. The van der Waals surface area contributed by atoms with Crippen LogP contribution in [0.25, 0.3) is 0 Å². The molecule has 0 aromatic rings. The fourth-order valence-electron chi connectivity index (χ4n) is 6.42. The molecule has 14 heteroatoms. The molecule has 0 spiro atoms. The summed E-state index contributed by atoms with van der Waals surface area (Å²) in [5.41, 5.74) is 0. The Balaban J connectivity index is 2.65. The van der Waals surface area contributed by atoms with Crippen molar-refractivity contribution in [3.63, 3.8) is 0 Å². The third-order valence-electron chi connectivity index (χ3n) is 8.96. The van der Waals surface area contributed by atoms with E-state index in [2.05, 4.69) is 26.6 Å². The summed E-state index contributed by atoms with van der Waals surface area (Å²) in [6.07, 6.45) is 1.93. The molecule has 0 bridgehead atoms. The Bertz CT molecular complexity index is 1220. The molecular weight excluding hydrogens is 642 g/mol. The van der Waals surface area contributed by atoms with Gasteiger partial charge >= 0.3 is 0 Å². The van der Waals surface area contributed by atoms with Gasteiger partial charge in [-0.25, -0.2) is 0 Å². The smallest absolute Gasteiger partial charge is 0.245 e. The van der Waals surface area contributed by atoms with Crippen molar-refractivity contribution in [1.82, 2.24) is 36.4 Å². The molecule has 2 rings (SSSR count). The fourth-order valence-corrected chi connectivity index (χ4v) is 6.42. The molecule has 2 saturated heterocycles. The minimum absolute atomic E-state index is 0.00491. The Hall–Kier alpha value is -3.71. The van der Waals surface area contributed by atoms with Crippen LogP contribution in [-0.2, 0) is 33.6 Å². The average molecular weight is 706 g/mol. The van der Waals surface area contributed by atoms with Crippen LogP contribution in [0.4, 0.5) is 0 Å². The highest BCUT2D eigenvalue weighted by Gasteiger charge is 2.41. The largest absolute Gasteiger partial charge is 0.349 e. The molecule has 2 fully saturated rings. The van der Waals surface area contributed by atoms with E-state index in [1.54, 1.807) is 14.1 Å². The number of nitrogens with zero attached hydrogens (tertiary/aromatic N) is 2. The molecule has 0 radical (unpaired) electrons. The van der Waals surface area contributed by atoms with Crippen molar-refractivity contribution in [2.75, 3.05) is 20.6 Å². The number of carbonyl (C=O) groups excluding carboxylic acids is 7. The molecule has 0 aromatic heterocycles. The van der Waals surface area contributed by atoms with Gasteiger partial charge in [0.25, 0.3) is 0 Å². The second-order valence-electron chi connectivity index (χ2n) is 15.8. The van der Waals surface area contributed by atoms with Crippen molar-refractivity contribution < 1.29 is 33.6 Å². The zero-order valence-corrected chi connectivity index (χ0v) is 31.9. The molecule has 2 heterocycles. The lowest BCUT2D eigenvalue weighted by molar-refractivity contribution is -0.143. The third kappa shape index (κ3) is 13.2. The van der Waals surface area contributed by atoms with Gasteiger partial charge in [-0.2, -0.15) is 0 Å². The normalized spacial score (nSPS) is 26.2. The van der Waals surface area contributed by atoms with Crippen LogP contribution in [0.5, 0.6) is 0 Å². The highest BCUT2D eigenvalue weighted by molar-refractivity contribution is 5.98. The summed E-state index contributed by atoms with van der Waals surface area (Å²) < 4.78 is 0. The molecule has 50 heavy (non-hydrogen) atoms. The topological polar surface area (TPSA) is 186 Å². The van der Waals surface area contributed by atoms with E-state index in [-0.39, 0.29) is 61.8 Å². The standard InChI is InChI=1S/C36H63N7O7/c1-20(2)16-25-32(46)39-26(17-21(3)4)33(47)40-27(18-22(5)6)34(48)41-28(19-23(7)8)36(50)43-15-11-12-29(43)35(49)37-24(31(45)38-25)13-14-30(44)42(9)10/h20-29H,11-19H2,1-10H3,(H,37,49)(H,38,45)(H,39,46)(H,40,47)(H,41,48)/t24-,25+,26-,27+,28+,29-/m1/s1. The predicted octanol–water partition coefficient (Wildman–Crippen LogP) is 1.47. The molecule has 0 aromatic carbocycles. The molecule has 6 atom stereocenters. The summed E-state index contributed by atoms with van der Waals surface area (Å²) in [7, 11) is 3.19. The summed E-state index contributed by atoms with van der Waals surface area (Å²) in [4.78, 5) is 98.7. The maximum atomic E-state index is 14.1. The molecule has 0 unspecified atom stereocenters. The number of fused-ring (bicyclic) bond motifs is 1. The van der Waals surface area contributed by atoms with Gasteiger partial charge in [-0.15, -0.1) is 0 Å². The lowest BCUT2D eigenvalue weighted by Gasteiger charge is -2.32. The maximum absolute atomic E-state index is 14.1. The Morgan fingerprint density at radius 1 is 0.600 bits per heavy atom. The minimum Gasteiger partial charge on any atom is -0.349 e. The quantitative estimate of drug-likeness (QED) is 0.215.